The summed E-state index contributed by atoms with van der Waals surface area (Å²) in [5.74, 6) is 0. The molecule has 0 saturated heterocycles. The highest BCUT2D eigenvalue weighted by Crippen LogP contribution is 2.33. The molecule has 0 nitrogen and oxygen atoms in total. The van der Waals surface area contributed by atoms with E-state index in [0.29, 0.717) is 0 Å². The minimum absolute atomic E-state index is 1.22. The van der Waals surface area contributed by atoms with E-state index >= 15 is 0 Å². The van der Waals surface area contributed by atoms with Crippen LogP contribution in [0.3, 0.4) is 0 Å². The van der Waals surface area contributed by atoms with Crippen molar-refractivity contribution in [3.05, 3.63) is 70.9 Å². The second kappa shape index (κ2) is 4.75. The highest BCUT2D eigenvalue weighted by atomic mass is 14.2. The Morgan fingerprint density at radius 2 is 1.00 bits per heavy atom. The van der Waals surface area contributed by atoms with Gasteiger partial charge < -0.3 is 0 Å². The van der Waals surface area contributed by atoms with Gasteiger partial charge >= 0.3 is 0 Å². The van der Waals surface area contributed by atoms with Gasteiger partial charge in [-0.15, -0.1) is 0 Å². The molecular formula is C17H18. The van der Waals surface area contributed by atoms with Gasteiger partial charge in [0.2, 0.25) is 0 Å². The minimum Gasteiger partial charge on any atom is -0.0620 e. The molecule has 0 aromatic heterocycles. The third kappa shape index (κ3) is 2.12. The van der Waals surface area contributed by atoms with E-state index in [1.54, 1.807) is 0 Å². The number of rotatable bonds is 0. The highest BCUT2D eigenvalue weighted by molar-refractivity contribution is 5.60. The summed E-state index contributed by atoms with van der Waals surface area (Å²) in [6.45, 7) is 0. The fourth-order valence-corrected chi connectivity index (χ4v) is 2.81. The zero-order valence-electron chi connectivity index (χ0n) is 10.2. The minimum atomic E-state index is 1.22. The first-order chi connectivity index (χ1) is 8.45. The van der Waals surface area contributed by atoms with E-state index in [0.717, 1.165) is 0 Å². The largest absolute Gasteiger partial charge is 0.0620 e. The van der Waals surface area contributed by atoms with Gasteiger partial charge in [-0.2, -0.15) is 0 Å². The maximum atomic E-state index is 2.29. The molecule has 4 bridgehead atoms. The van der Waals surface area contributed by atoms with Crippen LogP contribution in [0.4, 0.5) is 0 Å². The topological polar surface area (TPSA) is 0 Å². The van der Waals surface area contributed by atoms with Crippen LogP contribution >= 0.6 is 0 Å². The molecular weight excluding hydrogens is 204 g/mol. The number of hydrogen-bond donors (Lipinski definition) is 0. The van der Waals surface area contributed by atoms with Crippen LogP contribution in [0.2, 0.25) is 0 Å². The third-order valence-corrected chi connectivity index (χ3v) is 3.72. The van der Waals surface area contributed by atoms with Crippen molar-refractivity contribution in [1.29, 1.82) is 0 Å². The summed E-state index contributed by atoms with van der Waals surface area (Å²) in [7, 11) is 0. The molecule has 0 radical (unpaired) electrons. The van der Waals surface area contributed by atoms with Gasteiger partial charge in [0.25, 0.3) is 0 Å². The zero-order valence-corrected chi connectivity index (χ0v) is 10.2. The molecule has 0 atom stereocenters. The van der Waals surface area contributed by atoms with Crippen LogP contribution in [-0.2, 0) is 0 Å². The van der Waals surface area contributed by atoms with Gasteiger partial charge in [0, 0.05) is 0 Å². The monoisotopic (exact) mass is 222 g/mol. The van der Waals surface area contributed by atoms with Gasteiger partial charge in [0.1, 0.15) is 0 Å². The summed E-state index contributed by atoms with van der Waals surface area (Å²) >= 11 is 0. The molecule has 3 rings (SSSR count). The van der Waals surface area contributed by atoms with Crippen LogP contribution in [0.15, 0.2) is 70.9 Å². The quantitative estimate of drug-likeness (QED) is 0.552. The zero-order chi connectivity index (χ0) is 11.5. The lowest BCUT2D eigenvalue weighted by Crippen LogP contribution is -1.92. The Morgan fingerprint density at radius 3 is 1.53 bits per heavy atom. The summed E-state index contributed by atoms with van der Waals surface area (Å²) in [4.78, 5) is 0. The molecule has 0 fully saturated rings. The van der Waals surface area contributed by atoms with Gasteiger partial charge in [-0.25, -0.2) is 0 Å². The first-order valence-corrected chi connectivity index (χ1v) is 6.61. The van der Waals surface area contributed by atoms with Gasteiger partial charge in [-0.05, 0) is 48.0 Å². The van der Waals surface area contributed by atoms with Crippen molar-refractivity contribution >= 4 is 0 Å². The van der Waals surface area contributed by atoms with Crippen molar-refractivity contribution in [2.45, 2.75) is 32.1 Å². The lowest BCUT2D eigenvalue weighted by atomic mass is 9.94. The summed E-state index contributed by atoms with van der Waals surface area (Å²) in [5, 5.41) is 0. The van der Waals surface area contributed by atoms with E-state index in [1.165, 1.54) is 54.4 Å². The second-order valence-corrected chi connectivity index (χ2v) is 4.87. The fourth-order valence-electron chi connectivity index (χ4n) is 2.81. The molecule has 0 amide bonds. The van der Waals surface area contributed by atoms with E-state index in [4.69, 9.17) is 0 Å². The average molecular weight is 222 g/mol. The van der Waals surface area contributed by atoms with Crippen LogP contribution in [0, 0.1) is 0 Å². The summed E-state index contributed by atoms with van der Waals surface area (Å²) in [5.41, 5.74) is 5.89. The second-order valence-electron chi connectivity index (χ2n) is 4.87. The molecule has 86 valence electrons. The molecule has 0 saturated carbocycles. The molecule has 0 aromatic carbocycles. The van der Waals surface area contributed by atoms with E-state index in [1.807, 2.05) is 0 Å². The lowest BCUT2D eigenvalue weighted by molar-refractivity contribution is 0.684. The summed E-state index contributed by atoms with van der Waals surface area (Å²) in [6, 6.07) is 0. The SMILES string of the molecule is C1=CC2=C3C=CC=CC(=C3C=C1)CCCCC2. The summed E-state index contributed by atoms with van der Waals surface area (Å²) < 4.78 is 0. The average Bonchev–Trinajstić information content (AvgIpc) is 2.58. The van der Waals surface area contributed by atoms with Crippen molar-refractivity contribution in [3.63, 3.8) is 0 Å². The van der Waals surface area contributed by atoms with Crippen molar-refractivity contribution in [2.75, 3.05) is 0 Å². The summed E-state index contributed by atoms with van der Waals surface area (Å²) in [6.07, 6.45) is 24.3. The Bertz CT molecular complexity index is 444. The van der Waals surface area contributed by atoms with Crippen LogP contribution in [0.25, 0.3) is 0 Å². The van der Waals surface area contributed by atoms with Gasteiger partial charge in [0.05, 0.1) is 0 Å². The first-order valence-electron chi connectivity index (χ1n) is 6.61. The van der Waals surface area contributed by atoms with Crippen molar-refractivity contribution < 1.29 is 0 Å². The van der Waals surface area contributed by atoms with Gasteiger partial charge in [0.15, 0.2) is 0 Å². The Kier molecular flexibility index (Phi) is 2.96. The van der Waals surface area contributed by atoms with Crippen LogP contribution in [0.5, 0.6) is 0 Å². The molecule has 0 heterocycles. The number of allylic oxidation sites excluding steroid dienone is 12. The fraction of sp³-hybridized carbons (Fsp3) is 0.294. The molecule has 3 aliphatic rings. The molecule has 0 heteroatoms. The van der Waals surface area contributed by atoms with Crippen molar-refractivity contribution in [2.24, 2.45) is 0 Å². The standard InChI is InChI=1S/C17H18/c1-2-8-14-10-4-6-13-17-15(9-3-1)11-5-7-12-16(14)17/h4-7,10-13H,1-3,8-9H2. The lowest BCUT2D eigenvalue weighted by Gasteiger charge is -2.10. The maximum absolute atomic E-state index is 2.29. The Balaban J connectivity index is 2.21. The Labute approximate surface area is 103 Å². The first kappa shape index (κ1) is 10.6. The van der Waals surface area contributed by atoms with Crippen LogP contribution in [-0.4, -0.2) is 0 Å². The molecule has 3 aliphatic carbocycles. The van der Waals surface area contributed by atoms with Crippen LogP contribution < -0.4 is 0 Å². The van der Waals surface area contributed by atoms with Crippen molar-refractivity contribution in [1.82, 2.24) is 0 Å². The Hall–Kier alpha value is -1.56. The molecule has 0 spiro atoms. The van der Waals surface area contributed by atoms with Gasteiger partial charge in [-0.1, -0.05) is 55.0 Å². The molecule has 0 unspecified atom stereocenters. The molecule has 0 aromatic rings. The van der Waals surface area contributed by atoms with E-state index in [9.17, 15) is 0 Å². The number of hydrogen-bond acceptors (Lipinski definition) is 0. The normalized spacial score (nSPS) is 23.1. The van der Waals surface area contributed by atoms with E-state index in [2.05, 4.69) is 48.6 Å². The predicted molar refractivity (Wildman–Crippen MR) is 73.7 cm³/mol. The predicted octanol–water partition coefficient (Wildman–Crippen LogP) is 4.80. The van der Waals surface area contributed by atoms with E-state index in [-0.39, 0.29) is 0 Å². The molecule has 0 aliphatic heterocycles. The maximum Gasteiger partial charge on any atom is -0.0149 e. The molecule has 0 N–H and O–H groups in total. The molecule has 17 heavy (non-hydrogen) atoms. The van der Waals surface area contributed by atoms with Crippen molar-refractivity contribution in [3.8, 4) is 0 Å². The van der Waals surface area contributed by atoms with Crippen LogP contribution in [0.1, 0.15) is 32.1 Å². The third-order valence-electron chi connectivity index (χ3n) is 3.72. The Morgan fingerprint density at radius 1 is 0.529 bits per heavy atom. The van der Waals surface area contributed by atoms with Gasteiger partial charge in [-0.3, -0.25) is 0 Å². The smallest absolute Gasteiger partial charge is 0.0149 e. The van der Waals surface area contributed by atoms with E-state index < -0.39 is 0 Å². The highest BCUT2D eigenvalue weighted by Gasteiger charge is 2.14.